The number of ether oxygens (including phenoxy) is 2. The molecule has 2 amide bonds. The van der Waals surface area contributed by atoms with Crippen molar-refractivity contribution in [1.29, 1.82) is 0 Å². The maximum atomic E-state index is 13.0. The molecular formula is C24H26N2O3. The van der Waals surface area contributed by atoms with Crippen molar-refractivity contribution in [3.05, 3.63) is 89.5 Å². The third kappa shape index (κ3) is 5.75. The van der Waals surface area contributed by atoms with Crippen LogP contribution in [0.1, 0.15) is 16.7 Å². The van der Waals surface area contributed by atoms with Crippen LogP contribution in [0.15, 0.2) is 72.8 Å². The zero-order valence-corrected chi connectivity index (χ0v) is 17.0. The first-order valence-corrected chi connectivity index (χ1v) is 9.46. The Kier molecular flexibility index (Phi) is 6.74. The summed E-state index contributed by atoms with van der Waals surface area (Å²) in [7, 11) is 3.28. The Morgan fingerprint density at radius 3 is 1.62 bits per heavy atom. The van der Waals surface area contributed by atoms with Crippen LogP contribution in [0.3, 0.4) is 0 Å². The van der Waals surface area contributed by atoms with Crippen molar-refractivity contribution in [2.45, 2.75) is 20.0 Å². The number of anilines is 1. The molecule has 0 fully saturated rings. The third-order valence-corrected chi connectivity index (χ3v) is 4.66. The summed E-state index contributed by atoms with van der Waals surface area (Å²) in [5, 5.41) is 2.99. The van der Waals surface area contributed by atoms with E-state index in [-0.39, 0.29) is 6.03 Å². The van der Waals surface area contributed by atoms with Crippen molar-refractivity contribution in [2.75, 3.05) is 19.5 Å². The molecule has 0 saturated carbocycles. The lowest BCUT2D eigenvalue weighted by Crippen LogP contribution is -2.34. The number of aryl methyl sites for hydroxylation is 1. The summed E-state index contributed by atoms with van der Waals surface area (Å²) in [6, 6.07) is 23.1. The fourth-order valence-electron chi connectivity index (χ4n) is 2.94. The Hall–Kier alpha value is -3.47. The number of urea groups is 1. The van der Waals surface area contributed by atoms with Gasteiger partial charge in [0.25, 0.3) is 0 Å². The molecule has 0 bridgehead atoms. The average molecular weight is 390 g/mol. The molecule has 0 saturated heterocycles. The van der Waals surface area contributed by atoms with Crippen LogP contribution in [0.2, 0.25) is 0 Å². The summed E-state index contributed by atoms with van der Waals surface area (Å²) in [6.07, 6.45) is 0. The highest BCUT2D eigenvalue weighted by atomic mass is 16.5. The van der Waals surface area contributed by atoms with Crippen LogP contribution < -0.4 is 14.8 Å². The maximum Gasteiger partial charge on any atom is 0.322 e. The minimum Gasteiger partial charge on any atom is -0.497 e. The van der Waals surface area contributed by atoms with Gasteiger partial charge < -0.3 is 19.7 Å². The van der Waals surface area contributed by atoms with Crippen molar-refractivity contribution >= 4 is 11.7 Å². The highest BCUT2D eigenvalue weighted by molar-refractivity contribution is 5.89. The minimum atomic E-state index is -0.152. The smallest absolute Gasteiger partial charge is 0.322 e. The molecule has 0 heterocycles. The quantitative estimate of drug-likeness (QED) is 0.600. The van der Waals surface area contributed by atoms with Gasteiger partial charge in [0, 0.05) is 18.8 Å². The van der Waals surface area contributed by atoms with Gasteiger partial charge in [-0.3, -0.25) is 0 Å². The second-order valence-corrected chi connectivity index (χ2v) is 6.85. The van der Waals surface area contributed by atoms with Gasteiger partial charge in [-0.1, -0.05) is 42.0 Å². The molecule has 3 aromatic carbocycles. The summed E-state index contributed by atoms with van der Waals surface area (Å²) >= 11 is 0. The lowest BCUT2D eigenvalue weighted by atomic mass is 10.1. The molecule has 3 aromatic rings. The number of benzene rings is 3. The summed E-state index contributed by atoms with van der Waals surface area (Å²) in [6.45, 7) is 2.98. The highest BCUT2D eigenvalue weighted by Crippen LogP contribution is 2.18. The topological polar surface area (TPSA) is 50.8 Å². The van der Waals surface area contributed by atoms with E-state index < -0.39 is 0 Å². The van der Waals surface area contributed by atoms with Crippen LogP contribution in [0, 0.1) is 6.92 Å². The fraction of sp³-hybridized carbons (Fsp3) is 0.208. The van der Waals surface area contributed by atoms with Crippen LogP contribution in [0.5, 0.6) is 11.5 Å². The molecule has 5 nitrogen and oxygen atoms in total. The van der Waals surface area contributed by atoms with Gasteiger partial charge in [-0.2, -0.15) is 0 Å². The molecule has 5 heteroatoms. The van der Waals surface area contributed by atoms with Crippen LogP contribution in [0.4, 0.5) is 10.5 Å². The number of carbonyl (C=O) groups is 1. The zero-order valence-electron chi connectivity index (χ0n) is 17.0. The van der Waals surface area contributed by atoms with Crippen molar-refractivity contribution in [1.82, 2.24) is 4.90 Å². The van der Waals surface area contributed by atoms with E-state index in [9.17, 15) is 4.79 Å². The largest absolute Gasteiger partial charge is 0.497 e. The summed E-state index contributed by atoms with van der Waals surface area (Å²) in [4.78, 5) is 14.8. The summed E-state index contributed by atoms with van der Waals surface area (Å²) < 4.78 is 10.4. The SMILES string of the molecule is COc1ccc(CN(Cc2ccc(OC)cc2)C(=O)Nc2ccc(C)cc2)cc1. The molecule has 0 atom stereocenters. The molecule has 1 N–H and O–H groups in total. The van der Waals surface area contributed by atoms with Gasteiger partial charge in [0.15, 0.2) is 0 Å². The molecule has 3 rings (SSSR count). The van der Waals surface area contributed by atoms with E-state index >= 15 is 0 Å². The first-order chi connectivity index (χ1) is 14.1. The number of rotatable bonds is 7. The van der Waals surface area contributed by atoms with Crippen molar-refractivity contribution in [2.24, 2.45) is 0 Å². The van der Waals surface area contributed by atoms with Crippen LogP contribution in [-0.4, -0.2) is 25.2 Å². The first kappa shape index (κ1) is 20.3. The Morgan fingerprint density at radius 1 is 0.759 bits per heavy atom. The van der Waals surface area contributed by atoms with E-state index in [1.165, 1.54) is 0 Å². The normalized spacial score (nSPS) is 10.3. The summed E-state index contributed by atoms with van der Waals surface area (Å²) in [5.74, 6) is 1.58. The zero-order chi connectivity index (χ0) is 20.6. The average Bonchev–Trinajstić information content (AvgIpc) is 2.76. The number of hydrogen-bond acceptors (Lipinski definition) is 3. The molecule has 0 aliphatic heterocycles. The monoisotopic (exact) mass is 390 g/mol. The minimum absolute atomic E-state index is 0.152. The fourth-order valence-corrected chi connectivity index (χ4v) is 2.94. The van der Waals surface area contributed by atoms with E-state index in [2.05, 4.69) is 5.32 Å². The Bertz CT molecular complexity index is 870. The Labute approximate surface area is 171 Å². The number of methoxy groups -OCH3 is 2. The second-order valence-electron chi connectivity index (χ2n) is 6.85. The molecule has 0 radical (unpaired) electrons. The maximum absolute atomic E-state index is 13.0. The number of carbonyl (C=O) groups excluding carboxylic acids is 1. The van der Waals surface area contributed by atoms with E-state index in [1.807, 2.05) is 79.7 Å². The van der Waals surface area contributed by atoms with Gasteiger partial charge in [-0.05, 0) is 54.4 Å². The number of hydrogen-bond donors (Lipinski definition) is 1. The molecule has 0 spiro atoms. The van der Waals surface area contributed by atoms with E-state index in [0.29, 0.717) is 13.1 Å². The molecule has 0 unspecified atom stereocenters. The van der Waals surface area contributed by atoms with E-state index in [1.54, 1.807) is 19.1 Å². The third-order valence-electron chi connectivity index (χ3n) is 4.66. The van der Waals surface area contributed by atoms with Crippen LogP contribution in [0.25, 0.3) is 0 Å². The van der Waals surface area contributed by atoms with Gasteiger partial charge in [0.2, 0.25) is 0 Å². The molecule has 0 aliphatic carbocycles. The highest BCUT2D eigenvalue weighted by Gasteiger charge is 2.15. The molecule has 29 heavy (non-hydrogen) atoms. The second kappa shape index (κ2) is 9.64. The molecule has 150 valence electrons. The van der Waals surface area contributed by atoms with Crippen LogP contribution in [-0.2, 0) is 13.1 Å². The first-order valence-electron chi connectivity index (χ1n) is 9.46. The van der Waals surface area contributed by atoms with Gasteiger partial charge in [0.05, 0.1) is 14.2 Å². The summed E-state index contributed by atoms with van der Waals surface area (Å²) in [5.41, 5.74) is 3.98. The molecule has 0 aliphatic rings. The van der Waals surface area contributed by atoms with Gasteiger partial charge in [0.1, 0.15) is 11.5 Å². The number of nitrogens with one attached hydrogen (secondary N) is 1. The lowest BCUT2D eigenvalue weighted by Gasteiger charge is -2.24. The predicted molar refractivity (Wildman–Crippen MR) is 115 cm³/mol. The van der Waals surface area contributed by atoms with Crippen molar-refractivity contribution in [3.8, 4) is 11.5 Å². The van der Waals surface area contributed by atoms with Gasteiger partial charge in [-0.25, -0.2) is 4.79 Å². The van der Waals surface area contributed by atoms with E-state index in [0.717, 1.165) is 33.9 Å². The van der Waals surface area contributed by atoms with E-state index in [4.69, 9.17) is 9.47 Å². The number of nitrogens with zero attached hydrogens (tertiary/aromatic N) is 1. The van der Waals surface area contributed by atoms with Crippen LogP contribution >= 0.6 is 0 Å². The number of amides is 2. The molecule has 0 aromatic heterocycles. The van der Waals surface area contributed by atoms with Crippen molar-refractivity contribution < 1.29 is 14.3 Å². The van der Waals surface area contributed by atoms with Gasteiger partial charge >= 0.3 is 6.03 Å². The lowest BCUT2D eigenvalue weighted by molar-refractivity contribution is 0.206. The molecular weight excluding hydrogens is 364 g/mol. The Balaban J connectivity index is 1.78. The van der Waals surface area contributed by atoms with Gasteiger partial charge in [-0.15, -0.1) is 0 Å². The van der Waals surface area contributed by atoms with Crippen molar-refractivity contribution in [3.63, 3.8) is 0 Å². The predicted octanol–water partition coefficient (Wildman–Crippen LogP) is 5.25. The Morgan fingerprint density at radius 2 is 1.21 bits per heavy atom. The standard InChI is InChI=1S/C24H26N2O3/c1-18-4-10-21(11-5-18)25-24(27)26(16-19-6-12-22(28-2)13-7-19)17-20-8-14-23(29-3)15-9-20/h4-15H,16-17H2,1-3H3,(H,25,27).